The van der Waals surface area contributed by atoms with E-state index in [1.807, 2.05) is 12.1 Å². The second-order valence-electron chi connectivity index (χ2n) is 6.88. The number of hydrogen-bond donors (Lipinski definition) is 0. The fourth-order valence-corrected chi connectivity index (χ4v) is 3.13. The highest BCUT2D eigenvalue weighted by atomic mass is 16.5. The Hall–Kier alpha value is -2.30. The SMILES string of the molecule is C=CC(=[OH+])OCCCCCCOc1ccc(OC(=O)C2CCCCC2)cc1. The van der Waals surface area contributed by atoms with Crippen LogP contribution in [0.5, 0.6) is 11.5 Å². The molecule has 0 aromatic heterocycles. The minimum absolute atomic E-state index is 0.0544. The van der Waals surface area contributed by atoms with Crippen molar-refractivity contribution < 1.29 is 23.8 Å². The normalized spacial score (nSPS) is 14.4. The van der Waals surface area contributed by atoms with Crippen molar-refractivity contribution in [3.05, 3.63) is 36.9 Å². The van der Waals surface area contributed by atoms with Gasteiger partial charge >= 0.3 is 11.9 Å². The van der Waals surface area contributed by atoms with Crippen LogP contribution in [-0.2, 0) is 9.53 Å². The number of carbonyl (C=O) groups excluding carboxylic acids is 2. The molecule has 0 bridgehead atoms. The Bertz CT molecular complexity index is 587. The second kappa shape index (κ2) is 12.2. The number of hydrogen-bond acceptors (Lipinski definition) is 4. The van der Waals surface area contributed by atoms with Crippen molar-refractivity contribution in [2.45, 2.75) is 57.8 Å². The maximum Gasteiger partial charge on any atom is 0.509 e. The first-order valence-electron chi connectivity index (χ1n) is 9.95. The van der Waals surface area contributed by atoms with Gasteiger partial charge in [0.05, 0.1) is 18.6 Å². The van der Waals surface area contributed by atoms with E-state index in [0.717, 1.165) is 57.1 Å². The summed E-state index contributed by atoms with van der Waals surface area (Å²) >= 11 is 0. The van der Waals surface area contributed by atoms with Gasteiger partial charge in [0.25, 0.3) is 0 Å². The van der Waals surface area contributed by atoms with Crippen molar-refractivity contribution in [1.82, 2.24) is 0 Å². The summed E-state index contributed by atoms with van der Waals surface area (Å²) in [6.07, 6.45) is 10.5. The summed E-state index contributed by atoms with van der Waals surface area (Å²) in [5.41, 5.74) is 0. The van der Waals surface area contributed by atoms with Crippen molar-refractivity contribution >= 4 is 11.9 Å². The van der Waals surface area contributed by atoms with Gasteiger partial charge in [-0.15, -0.1) is 0 Å². The monoisotopic (exact) mass is 375 g/mol. The van der Waals surface area contributed by atoms with Crippen molar-refractivity contribution in [3.63, 3.8) is 0 Å². The Morgan fingerprint density at radius 1 is 1.00 bits per heavy atom. The van der Waals surface area contributed by atoms with E-state index in [0.29, 0.717) is 19.0 Å². The van der Waals surface area contributed by atoms with E-state index in [1.165, 1.54) is 12.5 Å². The summed E-state index contributed by atoms with van der Waals surface area (Å²) in [5, 5.41) is 0. The third-order valence-corrected chi connectivity index (χ3v) is 4.71. The zero-order valence-electron chi connectivity index (χ0n) is 16.0. The number of carbonyl (C=O) groups is 1. The molecule has 5 heteroatoms. The van der Waals surface area contributed by atoms with Gasteiger partial charge in [-0.25, -0.2) is 0 Å². The summed E-state index contributed by atoms with van der Waals surface area (Å²) in [5.74, 6) is 1.19. The standard InChI is InChI=1S/C22H30O5/c1-2-21(23)26-17-9-4-3-8-16-25-19-12-14-20(15-13-19)27-22(24)18-10-6-5-7-11-18/h2,12-15,18H,1,3-11,16-17H2/p+1. The number of unbranched alkanes of at least 4 members (excludes halogenated alkanes) is 3. The molecule has 5 nitrogen and oxygen atoms in total. The highest BCUT2D eigenvalue weighted by Crippen LogP contribution is 2.26. The van der Waals surface area contributed by atoms with Crippen LogP contribution >= 0.6 is 0 Å². The third-order valence-electron chi connectivity index (χ3n) is 4.71. The maximum absolute atomic E-state index is 12.1. The Labute approximate surface area is 161 Å². The lowest BCUT2D eigenvalue weighted by atomic mass is 9.89. The zero-order chi connectivity index (χ0) is 19.3. The van der Waals surface area contributed by atoms with Crippen molar-refractivity contribution in [2.75, 3.05) is 13.2 Å². The van der Waals surface area contributed by atoms with Crippen LogP contribution < -0.4 is 9.47 Å². The lowest BCUT2D eigenvalue weighted by molar-refractivity contribution is -0.139. The predicted octanol–water partition coefficient (Wildman–Crippen LogP) is 4.82. The molecule has 148 valence electrons. The van der Waals surface area contributed by atoms with Gasteiger partial charge in [0, 0.05) is 6.42 Å². The van der Waals surface area contributed by atoms with E-state index in [1.54, 1.807) is 12.1 Å². The second-order valence-corrected chi connectivity index (χ2v) is 6.88. The van der Waals surface area contributed by atoms with E-state index < -0.39 is 0 Å². The van der Waals surface area contributed by atoms with E-state index in [-0.39, 0.29) is 17.9 Å². The molecule has 0 spiro atoms. The van der Waals surface area contributed by atoms with Gasteiger partial charge in [-0.2, -0.15) is 0 Å². The van der Waals surface area contributed by atoms with Crippen LogP contribution in [-0.4, -0.2) is 29.9 Å². The fraction of sp³-hybridized carbons (Fsp3) is 0.545. The predicted molar refractivity (Wildman–Crippen MR) is 106 cm³/mol. The molecular formula is C22H31O5+. The molecule has 0 aliphatic heterocycles. The molecule has 1 aliphatic carbocycles. The van der Waals surface area contributed by atoms with Crippen molar-refractivity contribution in [2.24, 2.45) is 5.92 Å². The van der Waals surface area contributed by atoms with Gasteiger partial charge in [-0.1, -0.05) is 25.8 Å². The lowest BCUT2D eigenvalue weighted by Gasteiger charge is -2.19. The van der Waals surface area contributed by atoms with Crippen LogP contribution in [0.2, 0.25) is 0 Å². The molecule has 1 aromatic rings. The summed E-state index contributed by atoms with van der Waals surface area (Å²) in [4.78, 5) is 21.2. The van der Waals surface area contributed by atoms with Crippen LogP contribution in [0.15, 0.2) is 36.9 Å². The molecule has 0 unspecified atom stereocenters. The topological polar surface area (TPSA) is 66.2 Å². The molecule has 0 amide bonds. The first-order valence-corrected chi connectivity index (χ1v) is 9.95. The van der Waals surface area contributed by atoms with Crippen LogP contribution in [0.25, 0.3) is 0 Å². The molecule has 1 saturated carbocycles. The van der Waals surface area contributed by atoms with Gasteiger partial charge in [-0.3, -0.25) is 4.79 Å². The van der Waals surface area contributed by atoms with Crippen LogP contribution in [0.1, 0.15) is 57.8 Å². The van der Waals surface area contributed by atoms with Gasteiger partial charge in [-0.05, 0) is 56.4 Å². The zero-order valence-corrected chi connectivity index (χ0v) is 16.0. The van der Waals surface area contributed by atoms with Crippen LogP contribution in [0, 0.1) is 5.92 Å². The molecule has 1 aromatic carbocycles. The van der Waals surface area contributed by atoms with Gasteiger partial charge < -0.3 is 19.0 Å². The third kappa shape index (κ3) is 8.29. The molecule has 2 rings (SSSR count). The number of rotatable bonds is 11. The Kier molecular flexibility index (Phi) is 9.45. The molecule has 1 aliphatic rings. The molecular weight excluding hydrogens is 344 g/mol. The van der Waals surface area contributed by atoms with Crippen molar-refractivity contribution in [3.8, 4) is 11.5 Å². The van der Waals surface area contributed by atoms with E-state index in [9.17, 15) is 4.79 Å². The van der Waals surface area contributed by atoms with Gasteiger partial charge in [0.2, 0.25) is 0 Å². The highest BCUT2D eigenvalue weighted by Gasteiger charge is 2.22. The molecule has 1 N–H and O–H groups in total. The molecule has 0 radical (unpaired) electrons. The van der Waals surface area contributed by atoms with Crippen LogP contribution in [0.4, 0.5) is 0 Å². The Morgan fingerprint density at radius 3 is 2.30 bits per heavy atom. The average Bonchev–Trinajstić information content (AvgIpc) is 2.71. The highest BCUT2D eigenvalue weighted by molar-refractivity contribution is 5.82. The summed E-state index contributed by atoms with van der Waals surface area (Å²) in [7, 11) is 0. The lowest BCUT2D eigenvalue weighted by Crippen LogP contribution is -2.22. The van der Waals surface area contributed by atoms with E-state index >= 15 is 0 Å². The summed E-state index contributed by atoms with van der Waals surface area (Å²) < 4.78 is 16.2. The largest absolute Gasteiger partial charge is 0.509 e. The number of esters is 2. The fourth-order valence-electron chi connectivity index (χ4n) is 3.13. The molecule has 27 heavy (non-hydrogen) atoms. The molecule has 0 heterocycles. The quantitative estimate of drug-likeness (QED) is 0.183. The minimum Gasteiger partial charge on any atom is -0.494 e. The Balaban J connectivity index is 1.56. The summed E-state index contributed by atoms with van der Waals surface area (Å²) in [6.45, 7) is 4.56. The van der Waals surface area contributed by atoms with Gasteiger partial charge in [0.1, 0.15) is 11.5 Å². The molecule has 1 fully saturated rings. The number of benzene rings is 1. The summed E-state index contributed by atoms with van der Waals surface area (Å²) in [6, 6.07) is 7.25. The van der Waals surface area contributed by atoms with Gasteiger partial charge in [0.15, 0.2) is 6.61 Å². The average molecular weight is 375 g/mol. The molecule has 0 saturated heterocycles. The number of ether oxygens (including phenoxy) is 3. The minimum atomic E-state index is -0.119. The first kappa shape index (κ1) is 21.0. The Morgan fingerprint density at radius 2 is 1.63 bits per heavy atom. The first-order chi connectivity index (χ1) is 13.2. The van der Waals surface area contributed by atoms with Crippen molar-refractivity contribution in [1.29, 1.82) is 0 Å². The smallest absolute Gasteiger partial charge is 0.494 e. The van der Waals surface area contributed by atoms with E-state index in [4.69, 9.17) is 19.0 Å². The molecule has 0 atom stereocenters. The van der Waals surface area contributed by atoms with Crippen LogP contribution in [0.3, 0.4) is 0 Å². The maximum atomic E-state index is 12.1. The van der Waals surface area contributed by atoms with E-state index in [2.05, 4.69) is 6.58 Å².